The molecule has 0 bridgehead atoms. The maximum atomic E-state index is 11.9. The van der Waals surface area contributed by atoms with Crippen LogP contribution >= 0.6 is 15.9 Å². The lowest BCUT2D eigenvalue weighted by atomic mass is 10.2. The van der Waals surface area contributed by atoms with Crippen LogP contribution < -0.4 is 10.6 Å². The molecule has 0 saturated carbocycles. The summed E-state index contributed by atoms with van der Waals surface area (Å²) in [6.45, 7) is 7.06. The van der Waals surface area contributed by atoms with Crippen LogP contribution in [-0.2, 0) is 14.4 Å². The van der Waals surface area contributed by atoms with E-state index >= 15 is 0 Å². The van der Waals surface area contributed by atoms with Crippen molar-refractivity contribution in [2.75, 3.05) is 25.0 Å². The third kappa shape index (κ3) is 7.69. The van der Waals surface area contributed by atoms with E-state index in [-0.39, 0.29) is 30.7 Å². The molecule has 0 aliphatic carbocycles. The zero-order valence-corrected chi connectivity index (χ0v) is 16.6. The number of hydrogen-bond donors (Lipinski definition) is 2. The Balaban J connectivity index is 2.28. The Bertz CT molecular complexity index is 616. The molecule has 0 unspecified atom stereocenters. The lowest BCUT2D eigenvalue weighted by Crippen LogP contribution is -2.33. The van der Waals surface area contributed by atoms with Gasteiger partial charge in [0.05, 0.1) is 6.54 Å². The number of nitrogens with one attached hydrogen (secondary N) is 2. The Morgan fingerprint density at radius 2 is 1.76 bits per heavy atom. The van der Waals surface area contributed by atoms with Crippen molar-refractivity contribution in [3.05, 3.63) is 28.2 Å². The van der Waals surface area contributed by atoms with Gasteiger partial charge in [0.25, 0.3) is 0 Å². The molecule has 0 aromatic heterocycles. The van der Waals surface area contributed by atoms with Crippen LogP contribution in [0, 0.1) is 6.92 Å². The molecule has 0 heterocycles. The molecule has 7 heteroatoms. The van der Waals surface area contributed by atoms with Crippen LogP contribution in [0.5, 0.6) is 0 Å². The molecule has 3 amide bonds. The van der Waals surface area contributed by atoms with Gasteiger partial charge in [0, 0.05) is 36.1 Å². The highest BCUT2D eigenvalue weighted by molar-refractivity contribution is 9.10. The van der Waals surface area contributed by atoms with Gasteiger partial charge in [-0.25, -0.2) is 0 Å². The Kier molecular flexibility index (Phi) is 9.20. The molecule has 138 valence electrons. The summed E-state index contributed by atoms with van der Waals surface area (Å²) in [6.07, 6.45) is 1.06. The minimum atomic E-state index is -0.283. The van der Waals surface area contributed by atoms with Gasteiger partial charge >= 0.3 is 0 Å². The van der Waals surface area contributed by atoms with Crippen LogP contribution in [0.15, 0.2) is 22.7 Å². The summed E-state index contributed by atoms with van der Waals surface area (Å²) in [5.74, 6) is -0.454. The molecule has 0 atom stereocenters. The molecular formula is C18H26BrN3O3. The lowest BCUT2D eigenvalue weighted by molar-refractivity contribution is -0.131. The topological polar surface area (TPSA) is 78.5 Å². The molecular weight excluding hydrogens is 386 g/mol. The molecule has 1 rings (SSSR count). The van der Waals surface area contributed by atoms with Crippen LogP contribution in [0.25, 0.3) is 0 Å². The first kappa shape index (κ1) is 21.2. The Morgan fingerprint density at radius 3 is 2.36 bits per heavy atom. The Morgan fingerprint density at radius 1 is 1.08 bits per heavy atom. The third-order valence-electron chi connectivity index (χ3n) is 3.80. The van der Waals surface area contributed by atoms with Crippen molar-refractivity contribution in [1.29, 1.82) is 0 Å². The van der Waals surface area contributed by atoms with E-state index < -0.39 is 0 Å². The zero-order chi connectivity index (χ0) is 18.8. The van der Waals surface area contributed by atoms with Crippen LogP contribution in [0.4, 0.5) is 5.69 Å². The first-order valence-electron chi connectivity index (χ1n) is 8.47. The van der Waals surface area contributed by atoms with Gasteiger partial charge in [0.15, 0.2) is 0 Å². The number of amides is 3. The first-order valence-corrected chi connectivity index (χ1v) is 9.27. The van der Waals surface area contributed by atoms with Crippen LogP contribution in [0.3, 0.4) is 0 Å². The molecule has 0 saturated heterocycles. The fourth-order valence-electron chi connectivity index (χ4n) is 2.33. The van der Waals surface area contributed by atoms with E-state index in [1.165, 1.54) is 0 Å². The van der Waals surface area contributed by atoms with Crippen molar-refractivity contribution in [2.24, 2.45) is 0 Å². The van der Waals surface area contributed by atoms with Crippen molar-refractivity contribution in [2.45, 2.75) is 40.0 Å². The van der Waals surface area contributed by atoms with Gasteiger partial charge in [-0.1, -0.05) is 15.9 Å². The SMILES string of the molecule is CCN(CC)C(=O)CCCC(=O)NCC(=O)Nc1ccc(Br)c(C)c1. The standard InChI is InChI=1S/C18H26BrN3O3/c1-4-22(5-2)18(25)8-6-7-16(23)20-12-17(24)21-14-9-10-15(19)13(3)11-14/h9-11H,4-8,12H2,1-3H3,(H,20,23)(H,21,24). The van der Waals surface area contributed by atoms with Crippen LogP contribution in [0.2, 0.25) is 0 Å². The molecule has 6 nitrogen and oxygen atoms in total. The number of anilines is 1. The second-order valence-corrected chi connectivity index (χ2v) is 6.56. The number of nitrogens with zero attached hydrogens (tertiary/aromatic N) is 1. The molecule has 0 fully saturated rings. The van der Waals surface area contributed by atoms with E-state index in [9.17, 15) is 14.4 Å². The Hall–Kier alpha value is -1.89. The highest BCUT2D eigenvalue weighted by atomic mass is 79.9. The highest BCUT2D eigenvalue weighted by Crippen LogP contribution is 2.19. The number of aryl methyl sites for hydroxylation is 1. The highest BCUT2D eigenvalue weighted by Gasteiger charge is 2.11. The summed E-state index contributed by atoms with van der Waals surface area (Å²) < 4.78 is 0.970. The zero-order valence-electron chi connectivity index (χ0n) is 15.0. The van der Waals surface area contributed by atoms with Crippen molar-refractivity contribution in [3.63, 3.8) is 0 Å². The number of rotatable bonds is 9. The van der Waals surface area contributed by atoms with E-state index in [0.29, 0.717) is 31.6 Å². The molecule has 25 heavy (non-hydrogen) atoms. The molecule has 1 aromatic carbocycles. The number of hydrogen-bond acceptors (Lipinski definition) is 3. The lowest BCUT2D eigenvalue weighted by Gasteiger charge is -2.18. The van der Waals surface area contributed by atoms with Gasteiger partial charge in [-0.15, -0.1) is 0 Å². The largest absolute Gasteiger partial charge is 0.347 e. The number of carbonyl (C=O) groups is 3. The van der Waals surface area contributed by atoms with Crippen LogP contribution in [0.1, 0.15) is 38.7 Å². The molecule has 0 aliphatic rings. The average Bonchev–Trinajstić information content (AvgIpc) is 2.57. The summed E-state index contributed by atoms with van der Waals surface area (Å²) in [5.41, 5.74) is 1.70. The van der Waals surface area contributed by atoms with E-state index in [1.807, 2.05) is 32.9 Å². The van der Waals surface area contributed by atoms with Crippen molar-refractivity contribution in [1.82, 2.24) is 10.2 Å². The minimum absolute atomic E-state index is 0.0566. The predicted octanol–water partition coefficient (Wildman–Crippen LogP) is 2.85. The van der Waals surface area contributed by atoms with Gasteiger partial charge in [-0.05, 0) is 51.0 Å². The van der Waals surface area contributed by atoms with Crippen LogP contribution in [-0.4, -0.2) is 42.3 Å². The van der Waals surface area contributed by atoms with E-state index in [1.54, 1.807) is 11.0 Å². The maximum absolute atomic E-state index is 11.9. The van der Waals surface area contributed by atoms with E-state index in [0.717, 1.165) is 10.0 Å². The van der Waals surface area contributed by atoms with Crippen molar-refractivity contribution >= 4 is 39.3 Å². The Labute approximate surface area is 157 Å². The summed E-state index contributed by atoms with van der Waals surface area (Å²) in [7, 11) is 0. The maximum Gasteiger partial charge on any atom is 0.243 e. The van der Waals surface area contributed by atoms with E-state index in [4.69, 9.17) is 0 Å². The van der Waals surface area contributed by atoms with Crippen molar-refractivity contribution < 1.29 is 14.4 Å². The molecule has 0 radical (unpaired) electrons. The van der Waals surface area contributed by atoms with Gasteiger partial charge in [0.1, 0.15) is 0 Å². The molecule has 0 aliphatic heterocycles. The van der Waals surface area contributed by atoms with E-state index in [2.05, 4.69) is 26.6 Å². The monoisotopic (exact) mass is 411 g/mol. The quantitative estimate of drug-likeness (QED) is 0.655. The number of carbonyl (C=O) groups excluding carboxylic acids is 3. The third-order valence-corrected chi connectivity index (χ3v) is 4.69. The molecule has 1 aromatic rings. The van der Waals surface area contributed by atoms with Gasteiger partial charge in [-0.3, -0.25) is 14.4 Å². The first-order chi connectivity index (χ1) is 11.9. The fraction of sp³-hybridized carbons (Fsp3) is 0.500. The number of halogens is 1. The second kappa shape index (κ2) is 10.9. The van der Waals surface area contributed by atoms with Gasteiger partial charge in [-0.2, -0.15) is 0 Å². The summed E-state index contributed by atoms with van der Waals surface area (Å²) in [5, 5.41) is 5.31. The second-order valence-electron chi connectivity index (χ2n) is 5.71. The predicted molar refractivity (Wildman–Crippen MR) is 102 cm³/mol. The molecule has 2 N–H and O–H groups in total. The smallest absolute Gasteiger partial charge is 0.243 e. The normalized spacial score (nSPS) is 10.2. The minimum Gasteiger partial charge on any atom is -0.347 e. The average molecular weight is 412 g/mol. The summed E-state index contributed by atoms with van der Waals surface area (Å²) in [6, 6.07) is 5.49. The summed E-state index contributed by atoms with van der Waals surface area (Å²) in [4.78, 5) is 37.2. The fourth-order valence-corrected chi connectivity index (χ4v) is 2.58. The van der Waals surface area contributed by atoms with Gasteiger partial charge in [0.2, 0.25) is 17.7 Å². The number of benzene rings is 1. The summed E-state index contributed by atoms with van der Waals surface area (Å²) >= 11 is 3.40. The van der Waals surface area contributed by atoms with Crippen molar-refractivity contribution in [3.8, 4) is 0 Å². The van der Waals surface area contributed by atoms with Gasteiger partial charge < -0.3 is 15.5 Å². The molecule has 0 spiro atoms.